The van der Waals surface area contributed by atoms with Crippen molar-refractivity contribution in [2.45, 2.75) is 25.9 Å². The monoisotopic (exact) mass is 385 g/mol. The van der Waals surface area contributed by atoms with Gasteiger partial charge in [-0.25, -0.2) is 4.79 Å². The van der Waals surface area contributed by atoms with Crippen molar-refractivity contribution in [3.63, 3.8) is 0 Å². The largest absolute Gasteiger partial charge is 0.350 e. The van der Waals surface area contributed by atoms with Gasteiger partial charge >= 0.3 is 6.03 Å². The molecule has 6 nitrogen and oxygen atoms in total. The fourth-order valence-electron chi connectivity index (χ4n) is 2.93. The van der Waals surface area contributed by atoms with Crippen LogP contribution in [0.15, 0.2) is 48.5 Å². The fourth-order valence-corrected chi connectivity index (χ4v) is 3.05. The zero-order valence-electron chi connectivity index (χ0n) is 15.1. The molecule has 1 heterocycles. The summed E-state index contributed by atoms with van der Waals surface area (Å²) in [5, 5.41) is 6.01. The number of amides is 4. The molecule has 0 bridgehead atoms. The van der Waals surface area contributed by atoms with Gasteiger partial charge in [-0.3, -0.25) is 14.5 Å². The molecule has 2 N–H and O–H groups in total. The van der Waals surface area contributed by atoms with Gasteiger partial charge in [-0.05, 0) is 37.1 Å². The molecule has 4 amide bonds. The van der Waals surface area contributed by atoms with E-state index in [9.17, 15) is 14.4 Å². The number of carbonyl (C=O) groups excluding carboxylic acids is 3. The molecule has 0 spiro atoms. The normalized spacial score (nSPS) is 19.1. The topological polar surface area (TPSA) is 78.5 Å². The number of hydrogen-bond donors (Lipinski definition) is 2. The van der Waals surface area contributed by atoms with Crippen molar-refractivity contribution in [1.29, 1.82) is 0 Å². The molecule has 140 valence electrons. The van der Waals surface area contributed by atoms with Crippen LogP contribution in [-0.2, 0) is 21.7 Å². The molecular formula is C20H20ClN3O3. The lowest BCUT2D eigenvalue weighted by molar-refractivity contribution is -0.134. The summed E-state index contributed by atoms with van der Waals surface area (Å²) < 4.78 is 0. The second-order valence-electron chi connectivity index (χ2n) is 6.72. The molecule has 0 aliphatic carbocycles. The van der Waals surface area contributed by atoms with Gasteiger partial charge in [0.1, 0.15) is 12.1 Å². The predicted octanol–water partition coefficient (Wildman–Crippen LogP) is 2.73. The van der Waals surface area contributed by atoms with E-state index in [1.165, 1.54) is 0 Å². The first-order valence-corrected chi connectivity index (χ1v) is 8.90. The second-order valence-corrected chi connectivity index (χ2v) is 7.15. The Morgan fingerprint density at radius 2 is 1.74 bits per heavy atom. The summed E-state index contributed by atoms with van der Waals surface area (Å²) in [5.41, 5.74) is 1.42. The summed E-state index contributed by atoms with van der Waals surface area (Å²) in [5.74, 6) is -0.861. The van der Waals surface area contributed by atoms with Gasteiger partial charge in [0.15, 0.2) is 0 Å². The zero-order valence-corrected chi connectivity index (χ0v) is 15.8. The Morgan fingerprint density at radius 1 is 1.11 bits per heavy atom. The molecule has 2 aromatic rings. The standard InChI is InChI=1S/C20H20ClN3O3/c1-13-3-7-15(8-4-13)20(2)18(26)24(19(27)23-20)12-17(25)22-11-14-5-9-16(21)10-6-14/h3-10H,11-12H2,1-2H3,(H,22,25)(H,23,27). The van der Waals surface area contributed by atoms with Gasteiger partial charge < -0.3 is 10.6 Å². The highest BCUT2D eigenvalue weighted by Crippen LogP contribution is 2.28. The van der Waals surface area contributed by atoms with Crippen LogP contribution in [0.5, 0.6) is 0 Å². The molecule has 1 aliphatic rings. The highest BCUT2D eigenvalue weighted by Gasteiger charge is 2.49. The van der Waals surface area contributed by atoms with Crippen molar-refractivity contribution in [3.8, 4) is 0 Å². The minimum Gasteiger partial charge on any atom is -0.350 e. The Bertz CT molecular complexity index is 880. The molecule has 0 aromatic heterocycles. The number of rotatable bonds is 5. The summed E-state index contributed by atoms with van der Waals surface area (Å²) in [4.78, 5) is 38.3. The highest BCUT2D eigenvalue weighted by atomic mass is 35.5. The molecule has 1 fully saturated rings. The van der Waals surface area contributed by atoms with Crippen LogP contribution in [0, 0.1) is 6.92 Å². The first kappa shape index (κ1) is 18.9. The van der Waals surface area contributed by atoms with E-state index in [0.29, 0.717) is 10.6 Å². The van der Waals surface area contributed by atoms with E-state index in [1.54, 1.807) is 43.3 Å². The summed E-state index contributed by atoms with van der Waals surface area (Å²) in [6, 6.07) is 13.8. The van der Waals surface area contributed by atoms with E-state index in [0.717, 1.165) is 16.0 Å². The van der Waals surface area contributed by atoms with Crippen LogP contribution < -0.4 is 10.6 Å². The minimum atomic E-state index is -1.18. The van der Waals surface area contributed by atoms with Crippen LogP contribution in [0.1, 0.15) is 23.6 Å². The SMILES string of the molecule is Cc1ccc(C2(C)NC(=O)N(CC(=O)NCc3ccc(Cl)cc3)C2=O)cc1. The molecule has 27 heavy (non-hydrogen) atoms. The molecular weight excluding hydrogens is 366 g/mol. The van der Waals surface area contributed by atoms with Gasteiger partial charge in [0, 0.05) is 11.6 Å². The van der Waals surface area contributed by atoms with Crippen LogP contribution in [0.25, 0.3) is 0 Å². The zero-order chi connectivity index (χ0) is 19.6. The summed E-state index contributed by atoms with van der Waals surface area (Å²) in [6.07, 6.45) is 0. The number of benzene rings is 2. The number of hydrogen-bond acceptors (Lipinski definition) is 3. The number of carbonyl (C=O) groups is 3. The molecule has 1 saturated heterocycles. The Hall–Kier alpha value is -2.86. The van der Waals surface area contributed by atoms with Crippen molar-refractivity contribution in [3.05, 3.63) is 70.2 Å². The van der Waals surface area contributed by atoms with E-state index in [2.05, 4.69) is 10.6 Å². The first-order chi connectivity index (χ1) is 12.8. The van der Waals surface area contributed by atoms with E-state index in [-0.39, 0.29) is 13.1 Å². The fraction of sp³-hybridized carbons (Fsp3) is 0.250. The molecule has 2 aromatic carbocycles. The number of urea groups is 1. The maximum atomic E-state index is 12.8. The Labute approximate surface area is 162 Å². The smallest absolute Gasteiger partial charge is 0.325 e. The lowest BCUT2D eigenvalue weighted by Crippen LogP contribution is -2.43. The van der Waals surface area contributed by atoms with Gasteiger partial charge in [-0.2, -0.15) is 0 Å². The number of nitrogens with one attached hydrogen (secondary N) is 2. The first-order valence-electron chi connectivity index (χ1n) is 8.52. The maximum Gasteiger partial charge on any atom is 0.325 e. The number of halogens is 1. The molecule has 1 aliphatic heterocycles. The number of imide groups is 1. The quantitative estimate of drug-likeness (QED) is 0.777. The Balaban J connectivity index is 1.65. The molecule has 7 heteroatoms. The average Bonchev–Trinajstić information content (AvgIpc) is 2.86. The van der Waals surface area contributed by atoms with Crippen molar-refractivity contribution in [1.82, 2.24) is 15.5 Å². The van der Waals surface area contributed by atoms with Crippen LogP contribution in [0.4, 0.5) is 4.79 Å². The molecule has 0 saturated carbocycles. The molecule has 0 radical (unpaired) electrons. The van der Waals surface area contributed by atoms with E-state index < -0.39 is 23.4 Å². The summed E-state index contributed by atoms with van der Waals surface area (Å²) in [6.45, 7) is 3.54. The second kappa shape index (κ2) is 7.40. The van der Waals surface area contributed by atoms with Gasteiger partial charge in [0.2, 0.25) is 5.91 Å². The van der Waals surface area contributed by atoms with Crippen LogP contribution in [-0.4, -0.2) is 29.3 Å². The van der Waals surface area contributed by atoms with E-state index >= 15 is 0 Å². The molecule has 1 atom stereocenters. The van der Waals surface area contributed by atoms with Crippen LogP contribution in [0.3, 0.4) is 0 Å². The van der Waals surface area contributed by atoms with Gasteiger partial charge in [0.05, 0.1) is 0 Å². The molecule has 1 unspecified atom stereocenters. The minimum absolute atomic E-state index is 0.287. The average molecular weight is 386 g/mol. The van der Waals surface area contributed by atoms with E-state index in [1.807, 2.05) is 19.1 Å². The Kier molecular flexibility index (Phi) is 5.19. The number of aryl methyl sites for hydroxylation is 1. The third-order valence-corrected chi connectivity index (χ3v) is 4.86. The third kappa shape index (κ3) is 3.95. The summed E-state index contributed by atoms with van der Waals surface area (Å²) >= 11 is 5.83. The van der Waals surface area contributed by atoms with Gasteiger partial charge in [-0.1, -0.05) is 53.6 Å². The van der Waals surface area contributed by atoms with Crippen molar-refractivity contribution in [2.75, 3.05) is 6.54 Å². The lowest BCUT2D eigenvalue weighted by Gasteiger charge is -2.22. The van der Waals surface area contributed by atoms with E-state index in [4.69, 9.17) is 11.6 Å². The van der Waals surface area contributed by atoms with Gasteiger partial charge in [0.25, 0.3) is 5.91 Å². The summed E-state index contributed by atoms with van der Waals surface area (Å²) in [7, 11) is 0. The predicted molar refractivity (Wildman–Crippen MR) is 102 cm³/mol. The highest BCUT2D eigenvalue weighted by molar-refractivity contribution is 6.30. The van der Waals surface area contributed by atoms with Gasteiger partial charge in [-0.15, -0.1) is 0 Å². The Morgan fingerprint density at radius 3 is 2.37 bits per heavy atom. The molecule has 3 rings (SSSR count). The number of nitrogens with zero attached hydrogens (tertiary/aromatic N) is 1. The van der Waals surface area contributed by atoms with Crippen LogP contribution in [0.2, 0.25) is 5.02 Å². The maximum absolute atomic E-state index is 12.8. The lowest BCUT2D eigenvalue weighted by atomic mass is 9.91. The van der Waals surface area contributed by atoms with Crippen molar-refractivity contribution < 1.29 is 14.4 Å². The van der Waals surface area contributed by atoms with Crippen molar-refractivity contribution >= 4 is 29.4 Å². The van der Waals surface area contributed by atoms with Crippen LogP contribution >= 0.6 is 11.6 Å². The third-order valence-electron chi connectivity index (χ3n) is 4.61. The van der Waals surface area contributed by atoms with Crippen molar-refractivity contribution in [2.24, 2.45) is 0 Å².